The normalized spacial score (nSPS) is 15.3. The van der Waals surface area contributed by atoms with Crippen molar-refractivity contribution in [2.45, 2.75) is 12.8 Å². The first kappa shape index (κ1) is 19.6. The Kier molecular flexibility index (Phi) is 5.47. The van der Waals surface area contributed by atoms with Crippen molar-refractivity contribution in [3.8, 4) is 0 Å². The van der Waals surface area contributed by atoms with Crippen LogP contribution in [0, 0.1) is 0 Å². The van der Waals surface area contributed by atoms with Gasteiger partial charge < -0.3 is 15.0 Å². The minimum Gasteiger partial charge on any atom is -0.454 e. The van der Waals surface area contributed by atoms with Crippen LogP contribution < -0.4 is 15.1 Å². The van der Waals surface area contributed by atoms with Crippen LogP contribution in [0.25, 0.3) is 0 Å². The van der Waals surface area contributed by atoms with E-state index in [0.29, 0.717) is 11.4 Å². The molecule has 2 aliphatic heterocycles. The Morgan fingerprint density at radius 1 is 0.967 bits per heavy atom. The van der Waals surface area contributed by atoms with E-state index in [2.05, 4.69) is 10.2 Å². The minimum atomic E-state index is -0.782. The Morgan fingerprint density at radius 3 is 2.40 bits per heavy atom. The summed E-state index contributed by atoms with van der Waals surface area (Å²) in [5.41, 5.74) is 2.34. The number of anilines is 3. The number of hydrogen-bond acceptors (Lipinski definition) is 6. The number of para-hydroxylation sites is 1. The van der Waals surface area contributed by atoms with Gasteiger partial charge in [-0.2, -0.15) is 0 Å². The lowest BCUT2D eigenvalue weighted by molar-refractivity contribution is -0.146. The van der Waals surface area contributed by atoms with E-state index < -0.39 is 36.7 Å². The smallest absolute Gasteiger partial charge is 0.326 e. The molecule has 0 saturated carbocycles. The molecule has 2 amide bonds. The number of Topliss-reactive ketones (excluding diaryl/α,β-unsaturated/α-hetero) is 1. The Balaban J connectivity index is 1.27. The van der Waals surface area contributed by atoms with Crippen LogP contribution in [0.1, 0.15) is 23.2 Å². The number of carbonyl (C=O) groups is 4. The zero-order chi connectivity index (χ0) is 21.1. The summed E-state index contributed by atoms with van der Waals surface area (Å²) in [5, 5.41) is 2.67. The van der Waals surface area contributed by atoms with Gasteiger partial charge in [-0.15, -0.1) is 0 Å². The highest BCUT2D eigenvalue weighted by atomic mass is 16.5. The SMILES string of the molecule is O=C(COC(=O)CN1C(=O)C(=O)c2ccccc21)Nc1ccc(N2CCCC2)cc1. The molecule has 0 radical (unpaired) electrons. The second-order valence-electron chi connectivity index (χ2n) is 7.19. The Morgan fingerprint density at radius 2 is 1.67 bits per heavy atom. The molecule has 2 aliphatic rings. The maximum atomic E-state index is 12.1. The monoisotopic (exact) mass is 407 g/mol. The molecule has 0 aromatic heterocycles. The van der Waals surface area contributed by atoms with Gasteiger partial charge in [-0.3, -0.25) is 24.1 Å². The van der Waals surface area contributed by atoms with Gasteiger partial charge in [-0.05, 0) is 49.2 Å². The molecule has 8 heteroatoms. The van der Waals surface area contributed by atoms with Gasteiger partial charge in [0.1, 0.15) is 6.54 Å². The molecule has 8 nitrogen and oxygen atoms in total. The number of fused-ring (bicyclic) bond motifs is 1. The quantitative estimate of drug-likeness (QED) is 0.581. The highest BCUT2D eigenvalue weighted by Gasteiger charge is 2.36. The molecule has 30 heavy (non-hydrogen) atoms. The van der Waals surface area contributed by atoms with Gasteiger partial charge in [0.2, 0.25) is 0 Å². The van der Waals surface area contributed by atoms with Crippen LogP contribution in [0.2, 0.25) is 0 Å². The van der Waals surface area contributed by atoms with Crippen LogP contribution >= 0.6 is 0 Å². The van der Waals surface area contributed by atoms with Crippen LogP contribution in [0.3, 0.4) is 0 Å². The molecule has 0 spiro atoms. The summed E-state index contributed by atoms with van der Waals surface area (Å²) in [6, 6.07) is 13.9. The molecule has 2 aromatic carbocycles. The first-order chi connectivity index (χ1) is 14.5. The lowest BCUT2D eigenvalue weighted by atomic mass is 10.1. The summed E-state index contributed by atoms with van der Waals surface area (Å²) in [7, 11) is 0. The zero-order valence-electron chi connectivity index (χ0n) is 16.3. The minimum absolute atomic E-state index is 0.255. The van der Waals surface area contributed by atoms with Crippen molar-refractivity contribution in [2.24, 2.45) is 0 Å². The number of hydrogen-bond donors (Lipinski definition) is 1. The molecule has 2 heterocycles. The molecule has 0 aliphatic carbocycles. The Bertz CT molecular complexity index is 996. The lowest BCUT2D eigenvalue weighted by Gasteiger charge is -2.18. The summed E-state index contributed by atoms with van der Waals surface area (Å²) in [5.74, 6) is -2.70. The fraction of sp³-hybridized carbons (Fsp3) is 0.273. The molecule has 1 N–H and O–H groups in total. The molecular weight excluding hydrogens is 386 g/mol. The summed E-state index contributed by atoms with van der Waals surface area (Å²) in [6.45, 7) is 1.16. The van der Waals surface area contributed by atoms with E-state index in [4.69, 9.17) is 4.74 Å². The molecular formula is C22H21N3O5. The average Bonchev–Trinajstić information content (AvgIpc) is 3.37. The van der Waals surface area contributed by atoms with Crippen molar-refractivity contribution >= 4 is 40.6 Å². The van der Waals surface area contributed by atoms with Crippen molar-refractivity contribution < 1.29 is 23.9 Å². The van der Waals surface area contributed by atoms with Gasteiger partial charge in [-0.25, -0.2) is 0 Å². The molecule has 4 rings (SSSR count). The number of ether oxygens (including phenoxy) is 1. The number of nitrogens with one attached hydrogen (secondary N) is 1. The number of esters is 1. The predicted octanol–water partition coefficient (Wildman–Crippen LogP) is 2.00. The molecule has 0 unspecified atom stereocenters. The van der Waals surface area contributed by atoms with Gasteiger partial charge in [0.05, 0.1) is 11.3 Å². The average molecular weight is 407 g/mol. The molecule has 0 atom stereocenters. The van der Waals surface area contributed by atoms with Crippen LogP contribution in [-0.4, -0.2) is 49.8 Å². The van der Waals surface area contributed by atoms with E-state index in [1.807, 2.05) is 12.1 Å². The number of benzene rings is 2. The van der Waals surface area contributed by atoms with Crippen molar-refractivity contribution in [1.82, 2.24) is 0 Å². The van der Waals surface area contributed by atoms with Crippen molar-refractivity contribution in [2.75, 3.05) is 41.4 Å². The molecule has 1 saturated heterocycles. The van der Waals surface area contributed by atoms with Crippen LogP contribution in [0.15, 0.2) is 48.5 Å². The third kappa shape index (κ3) is 4.03. The number of ketones is 1. The van der Waals surface area contributed by atoms with Crippen LogP contribution in [-0.2, 0) is 19.1 Å². The van der Waals surface area contributed by atoms with Gasteiger partial charge in [0.25, 0.3) is 17.6 Å². The first-order valence-electron chi connectivity index (χ1n) is 9.78. The standard InChI is InChI=1S/C22H21N3O5/c26-19(23-15-7-9-16(10-8-15)24-11-3-4-12-24)14-30-20(27)13-25-18-6-2-1-5-17(18)21(28)22(25)29/h1-2,5-10H,3-4,11-14H2,(H,23,26). The van der Waals surface area contributed by atoms with Gasteiger partial charge in [0.15, 0.2) is 6.61 Å². The van der Waals surface area contributed by atoms with Gasteiger partial charge >= 0.3 is 5.97 Å². The van der Waals surface area contributed by atoms with Gasteiger partial charge in [-0.1, -0.05) is 12.1 Å². The second kappa shape index (κ2) is 8.36. The molecule has 154 valence electrons. The van der Waals surface area contributed by atoms with E-state index >= 15 is 0 Å². The molecule has 0 bridgehead atoms. The number of rotatable bonds is 6. The van der Waals surface area contributed by atoms with E-state index in [1.54, 1.807) is 30.3 Å². The summed E-state index contributed by atoms with van der Waals surface area (Å²) >= 11 is 0. The Labute approximate surface area is 173 Å². The van der Waals surface area contributed by atoms with Crippen LogP contribution in [0.4, 0.5) is 17.1 Å². The van der Waals surface area contributed by atoms with E-state index in [-0.39, 0.29) is 5.56 Å². The molecule has 2 aromatic rings. The summed E-state index contributed by atoms with van der Waals surface area (Å²) in [4.78, 5) is 51.6. The molecule has 1 fully saturated rings. The van der Waals surface area contributed by atoms with E-state index in [1.165, 1.54) is 18.9 Å². The topological polar surface area (TPSA) is 96.0 Å². The lowest BCUT2D eigenvalue weighted by Crippen LogP contribution is -2.36. The zero-order valence-corrected chi connectivity index (χ0v) is 16.3. The number of carbonyl (C=O) groups excluding carboxylic acids is 4. The van der Waals surface area contributed by atoms with Crippen molar-refractivity contribution in [3.05, 3.63) is 54.1 Å². The summed E-state index contributed by atoms with van der Waals surface area (Å²) < 4.78 is 4.98. The highest BCUT2D eigenvalue weighted by molar-refractivity contribution is 6.52. The Hall–Kier alpha value is -3.68. The first-order valence-corrected chi connectivity index (χ1v) is 9.78. The largest absolute Gasteiger partial charge is 0.454 e. The fourth-order valence-electron chi connectivity index (χ4n) is 3.65. The third-order valence-corrected chi connectivity index (χ3v) is 5.15. The van der Waals surface area contributed by atoms with E-state index in [9.17, 15) is 19.2 Å². The predicted molar refractivity (Wildman–Crippen MR) is 111 cm³/mol. The number of amides is 2. The maximum Gasteiger partial charge on any atom is 0.326 e. The summed E-state index contributed by atoms with van der Waals surface area (Å²) in [6.07, 6.45) is 2.37. The fourth-order valence-corrected chi connectivity index (χ4v) is 3.65. The highest BCUT2D eigenvalue weighted by Crippen LogP contribution is 2.28. The van der Waals surface area contributed by atoms with Crippen molar-refractivity contribution in [1.29, 1.82) is 0 Å². The third-order valence-electron chi connectivity index (χ3n) is 5.15. The van der Waals surface area contributed by atoms with Gasteiger partial charge in [0, 0.05) is 24.5 Å². The van der Waals surface area contributed by atoms with Crippen molar-refractivity contribution in [3.63, 3.8) is 0 Å². The number of nitrogens with zero attached hydrogens (tertiary/aromatic N) is 2. The van der Waals surface area contributed by atoms with Crippen LogP contribution in [0.5, 0.6) is 0 Å². The second-order valence-corrected chi connectivity index (χ2v) is 7.19. The van der Waals surface area contributed by atoms with E-state index in [0.717, 1.165) is 23.7 Å². The maximum absolute atomic E-state index is 12.1.